The van der Waals surface area contributed by atoms with Gasteiger partial charge in [0.2, 0.25) is 0 Å². The van der Waals surface area contributed by atoms with Crippen molar-refractivity contribution in [3.05, 3.63) is 99.8 Å². The molecule has 2 aromatic carbocycles. The molecule has 3 aromatic rings. The number of hydrogen-bond donors (Lipinski definition) is 0. The second-order valence-corrected chi connectivity index (χ2v) is 7.50. The molecule has 0 radical (unpaired) electrons. The lowest BCUT2D eigenvalue weighted by atomic mass is 9.77. The van der Waals surface area contributed by atoms with Gasteiger partial charge in [0.15, 0.2) is 0 Å². The first kappa shape index (κ1) is 16.1. The number of allylic oxidation sites excluding steroid dienone is 1. The number of aryl methyl sites for hydroxylation is 1. The Kier molecular flexibility index (Phi) is 3.77. The number of fused-ring (bicyclic) bond motifs is 1. The number of hydrogen-bond acceptors (Lipinski definition) is 1. The van der Waals surface area contributed by atoms with E-state index in [4.69, 9.17) is 11.6 Å². The van der Waals surface area contributed by atoms with Crippen molar-refractivity contribution < 1.29 is 0 Å². The summed E-state index contributed by atoms with van der Waals surface area (Å²) in [5, 5.41) is 0.535. The number of halogens is 1. The van der Waals surface area contributed by atoms with Gasteiger partial charge in [-0.2, -0.15) is 0 Å². The first-order valence-electron chi connectivity index (χ1n) is 8.52. The lowest BCUT2D eigenvalue weighted by Crippen LogP contribution is -2.17. The number of benzene rings is 2. The van der Waals surface area contributed by atoms with Gasteiger partial charge in [-0.1, -0.05) is 80.0 Å². The van der Waals surface area contributed by atoms with Gasteiger partial charge in [0.1, 0.15) is 5.15 Å². The van der Waals surface area contributed by atoms with Crippen molar-refractivity contribution in [3.8, 4) is 0 Å². The van der Waals surface area contributed by atoms with Gasteiger partial charge < -0.3 is 0 Å². The van der Waals surface area contributed by atoms with Gasteiger partial charge in [-0.05, 0) is 52.0 Å². The second-order valence-electron chi connectivity index (χ2n) is 7.11. The van der Waals surface area contributed by atoms with Crippen LogP contribution >= 0.6 is 11.6 Å². The highest BCUT2D eigenvalue weighted by molar-refractivity contribution is 6.29. The Bertz CT molecular complexity index is 984. The van der Waals surface area contributed by atoms with Crippen LogP contribution in [0.1, 0.15) is 41.7 Å². The predicted octanol–water partition coefficient (Wildman–Crippen LogP) is 6.29. The van der Waals surface area contributed by atoms with Crippen LogP contribution in [0.5, 0.6) is 0 Å². The average Bonchev–Trinajstić information content (AvgIpc) is 2.86. The minimum Gasteiger partial charge on any atom is -0.244 e. The van der Waals surface area contributed by atoms with Crippen molar-refractivity contribution in [1.82, 2.24) is 4.98 Å². The molecule has 2 heteroatoms. The largest absolute Gasteiger partial charge is 0.244 e. The molecule has 1 aliphatic carbocycles. The van der Waals surface area contributed by atoms with E-state index in [0.717, 1.165) is 5.56 Å². The molecule has 1 heterocycles. The van der Waals surface area contributed by atoms with Gasteiger partial charge in [-0.3, -0.25) is 0 Å². The van der Waals surface area contributed by atoms with Crippen molar-refractivity contribution in [2.75, 3.05) is 0 Å². The highest BCUT2D eigenvalue weighted by Gasteiger charge is 2.39. The van der Waals surface area contributed by atoms with E-state index in [9.17, 15) is 0 Å². The highest BCUT2D eigenvalue weighted by atomic mass is 35.5. The molecule has 1 nitrogen and oxygen atoms in total. The molecule has 0 saturated carbocycles. The fourth-order valence-corrected chi connectivity index (χ4v) is 4.13. The Morgan fingerprint density at radius 1 is 0.880 bits per heavy atom. The summed E-state index contributed by atoms with van der Waals surface area (Å²) in [5.74, 6) is 0. The fourth-order valence-electron chi connectivity index (χ4n) is 3.97. The summed E-state index contributed by atoms with van der Waals surface area (Å²) in [7, 11) is 0. The van der Waals surface area contributed by atoms with Crippen molar-refractivity contribution in [1.29, 1.82) is 0 Å². The highest BCUT2D eigenvalue weighted by Crippen LogP contribution is 2.53. The molecule has 0 amide bonds. The number of pyridine rings is 1. The molecule has 1 aliphatic rings. The van der Waals surface area contributed by atoms with Gasteiger partial charge >= 0.3 is 0 Å². The van der Waals surface area contributed by atoms with Crippen molar-refractivity contribution >= 4 is 22.7 Å². The maximum atomic E-state index is 6.26. The standard InChI is InChI=1S/C23H20ClN/c1-15-14-25-20(24)13-18(15)22-21(16-9-5-4-6-10-16)17-11-7-8-12-19(17)23(22,2)3/h4-14H,1-3H3. The van der Waals surface area contributed by atoms with E-state index in [-0.39, 0.29) is 5.41 Å². The molecule has 0 aliphatic heterocycles. The molecule has 0 fully saturated rings. The van der Waals surface area contributed by atoms with Crippen molar-refractivity contribution in [2.24, 2.45) is 0 Å². The molecule has 0 bridgehead atoms. The monoisotopic (exact) mass is 345 g/mol. The number of rotatable bonds is 2. The van der Waals surface area contributed by atoms with Crippen LogP contribution in [0.3, 0.4) is 0 Å². The quantitative estimate of drug-likeness (QED) is 0.497. The average molecular weight is 346 g/mol. The zero-order valence-electron chi connectivity index (χ0n) is 14.7. The normalized spacial score (nSPS) is 15.4. The minimum absolute atomic E-state index is 0.1000. The molecule has 0 atom stereocenters. The zero-order chi connectivity index (χ0) is 17.6. The van der Waals surface area contributed by atoms with Crippen LogP contribution in [-0.4, -0.2) is 4.98 Å². The van der Waals surface area contributed by atoms with Gasteiger partial charge in [0.05, 0.1) is 0 Å². The first-order valence-corrected chi connectivity index (χ1v) is 8.90. The predicted molar refractivity (Wildman–Crippen MR) is 106 cm³/mol. The Morgan fingerprint density at radius 2 is 1.56 bits per heavy atom. The summed E-state index contributed by atoms with van der Waals surface area (Å²) in [6.07, 6.45) is 1.87. The number of nitrogens with zero attached hydrogens (tertiary/aromatic N) is 1. The lowest BCUT2D eigenvalue weighted by Gasteiger charge is -2.26. The molecule has 0 spiro atoms. The molecule has 0 N–H and O–H groups in total. The Morgan fingerprint density at radius 3 is 2.32 bits per heavy atom. The van der Waals surface area contributed by atoms with Gasteiger partial charge in [-0.15, -0.1) is 0 Å². The van der Waals surface area contributed by atoms with Crippen LogP contribution in [0.25, 0.3) is 11.1 Å². The lowest BCUT2D eigenvalue weighted by molar-refractivity contribution is 0.703. The van der Waals surface area contributed by atoms with E-state index in [2.05, 4.69) is 80.4 Å². The van der Waals surface area contributed by atoms with E-state index in [1.165, 1.54) is 33.4 Å². The van der Waals surface area contributed by atoms with E-state index in [1.807, 2.05) is 12.3 Å². The molecular formula is C23H20ClN. The summed E-state index contributed by atoms with van der Waals surface area (Å²) in [4.78, 5) is 4.25. The van der Waals surface area contributed by atoms with Crippen molar-refractivity contribution in [3.63, 3.8) is 0 Å². The van der Waals surface area contributed by atoms with E-state index in [0.29, 0.717) is 5.15 Å². The Hall–Kier alpha value is -2.38. The smallest absolute Gasteiger partial charge is 0.129 e. The van der Waals surface area contributed by atoms with Crippen LogP contribution in [0.2, 0.25) is 5.15 Å². The summed E-state index contributed by atoms with van der Waals surface area (Å²) in [5.41, 5.74) is 8.75. The molecule has 0 unspecified atom stereocenters. The first-order chi connectivity index (χ1) is 12.0. The molecular weight excluding hydrogens is 326 g/mol. The summed E-state index contributed by atoms with van der Waals surface area (Å²) < 4.78 is 0. The van der Waals surface area contributed by atoms with Crippen LogP contribution in [0, 0.1) is 6.92 Å². The van der Waals surface area contributed by atoms with Gasteiger partial charge in [0, 0.05) is 11.6 Å². The number of aromatic nitrogens is 1. The minimum atomic E-state index is -0.1000. The summed E-state index contributed by atoms with van der Waals surface area (Å²) >= 11 is 6.26. The molecule has 1 aromatic heterocycles. The van der Waals surface area contributed by atoms with Crippen LogP contribution in [0.4, 0.5) is 0 Å². The third-order valence-corrected chi connectivity index (χ3v) is 5.35. The van der Waals surface area contributed by atoms with Crippen LogP contribution in [0.15, 0.2) is 66.9 Å². The SMILES string of the molecule is Cc1cnc(Cl)cc1C1=C(c2ccccc2)c2ccccc2C1(C)C. The van der Waals surface area contributed by atoms with E-state index in [1.54, 1.807) is 0 Å². The maximum Gasteiger partial charge on any atom is 0.129 e. The third-order valence-electron chi connectivity index (χ3n) is 5.15. The molecule has 25 heavy (non-hydrogen) atoms. The topological polar surface area (TPSA) is 12.9 Å². The van der Waals surface area contributed by atoms with E-state index >= 15 is 0 Å². The van der Waals surface area contributed by atoms with Crippen molar-refractivity contribution in [2.45, 2.75) is 26.2 Å². The second kappa shape index (κ2) is 5.86. The Balaban J connectivity index is 2.11. The van der Waals surface area contributed by atoms with Crippen LogP contribution < -0.4 is 0 Å². The Labute approximate surface area is 154 Å². The van der Waals surface area contributed by atoms with Gasteiger partial charge in [0.25, 0.3) is 0 Å². The molecule has 124 valence electrons. The van der Waals surface area contributed by atoms with E-state index < -0.39 is 0 Å². The summed E-state index contributed by atoms with van der Waals surface area (Å²) in [6, 6.07) is 21.3. The zero-order valence-corrected chi connectivity index (χ0v) is 15.4. The fraction of sp³-hybridized carbons (Fsp3) is 0.174. The molecule has 4 rings (SSSR count). The molecule has 0 saturated heterocycles. The third kappa shape index (κ3) is 2.51. The van der Waals surface area contributed by atoms with Gasteiger partial charge in [-0.25, -0.2) is 4.98 Å². The van der Waals surface area contributed by atoms with Crippen LogP contribution in [-0.2, 0) is 5.41 Å². The maximum absolute atomic E-state index is 6.26. The summed E-state index contributed by atoms with van der Waals surface area (Å²) in [6.45, 7) is 6.70.